The summed E-state index contributed by atoms with van der Waals surface area (Å²) < 4.78 is 109. The molecule has 4 nitrogen and oxygen atoms in total. The third kappa shape index (κ3) is 3.62. The molecule has 1 rings (SSSR count). The minimum atomic E-state index is -5.74. The zero-order valence-electron chi connectivity index (χ0n) is 11.8. The average molecular weight is 400 g/mol. The number of ether oxygens (including phenoxy) is 1. The maximum absolute atomic E-state index is 13.5. The second-order valence-electron chi connectivity index (χ2n) is 4.28. The van der Waals surface area contributed by atoms with E-state index in [1.807, 2.05) is 0 Å². The molecule has 0 aliphatic rings. The van der Waals surface area contributed by atoms with E-state index in [0.29, 0.717) is 5.32 Å². The van der Waals surface area contributed by atoms with E-state index in [4.69, 9.17) is 11.6 Å². The lowest BCUT2D eigenvalue weighted by Crippen LogP contribution is -2.60. The number of alkyl halides is 4. The number of hydrogen-bond donors (Lipinski definition) is 1. The molecular weight excluding hydrogens is 394 g/mol. The first-order chi connectivity index (χ1) is 11.3. The Morgan fingerprint density at radius 1 is 0.960 bits per heavy atom. The molecule has 1 aromatic rings. The maximum Gasteiger partial charge on any atom is 0.437 e. The summed E-state index contributed by atoms with van der Waals surface area (Å²) in [6.45, 7) is 0.458. The first-order valence-corrected chi connectivity index (χ1v) is 6.44. The third-order valence-electron chi connectivity index (χ3n) is 2.67. The lowest BCUT2D eigenvalue weighted by Gasteiger charge is -2.28. The van der Waals surface area contributed by atoms with Crippen molar-refractivity contribution < 1.29 is 49.4 Å². The van der Waals surface area contributed by atoms with Crippen LogP contribution in [0.4, 0.5) is 35.1 Å². The lowest BCUT2D eigenvalue weighted by molar-refractivity contribution is -0.192. The largest absolute Gasteiger partial charge is 0.463 e. The van der Waals surface area contributed by atoms with Crippen LogP contribution < -0.4 is 5.32 Å². The highest BCUT2D eigenvalue weighted by molar-refractivity contribution is 6.35. The number of hydrogen-bond acceptors (Lipinski definition) is 3. The first kappa shape index (κ1) is 20.9. The molecule has 0 aromatic heterocycles. The van der Waals surface area contributed by atoms with Gasteiger partial charge in [-0.25, -0.2) is 26.7 Å². The second-order valence-corrected chi connectivity index (χ2v) is 4.84. The van der Waals surface area contributed by atoms with Gasteiger partial charge in [-0.05, 0) is 6.92 Å². The van der Waals surface area contributed by atoms with Crippen molar-refractivity contribution in [3.8, 4) is 0 Å². The molecule has 0 aliphatic carbocycles. The van der Waals surface area contributed by atoms with E-state index in [2.05, 4.69) is 4.74 Å². The number of esters is 1. The van der Waals surface area contributed by atoms with Crippen LogP contribution in [0.5, 0.6) is 0 Å². The third-order valence-corrected chi connectivity index (χ3v) is 3.13. The van der Waals surface area contributed by atoms with E-state index in [9.17, 15) is 44.7 Å². The summed E-state index contributed by atoms with van der Waals surface area (Å²) in [4.78, 5) is 18.7. The molecule has 0 fully saturated rings. The molecule has 0 radical (unpaired) electrons. The van der Waals surface area contributed by atoms with E-state index in [-0.39, 0.29) is 0 Å². The predicted molar refractivity (Wildman–Crippen MR) is 65.0 cm³/mol. The van der Waals surface area contributed by atoms with Gasteiger partial charge in [-0.2, -0.15) is 13.2 Å². The molecule has 1 aromatic carbocycles. The Hall–Kier alpha value is -2.11. The fourth-order valence-corrected chi connectivity index (χ4v) is 1.63. The monoisotopic (exact) mass is 399 g/mol. The second kappa shape index (κ2) is 7.02. The Labute approximate surface area is 138 Å². The molecule has 0 bridgehead atoms. The lowest BCUT2D eigenvalue weighted by atomic mass is 10.1. The fourth-order valence-electron chi connectivity index (χ4n) is 1.49. The summed E-state index contributed by atoms with van der Waals surface area (Å²) >= 11 is 4.97. The summed E-state index contributed by atoms with van der Waals surface area (Å²) in [5, 5.41) is 0.681. The van der Waals surface area contributed by atoms with Crippen LogP contribution >= 0.6 is 11.6 Å². The fraction of sp³-hybridized carbons (Fsp3) is 0.333. The van der Waals surface area contributed by atoms with Crippen molar-refractivity contribution in [3.05, 3.63) is 34.6 Å². The van der Waals surface area contributed by atoms with Crippen molar-refractivity contribution in [2.75, 3.05) is 6.61 Å². The Bertz CT molecular complexity index is 694. The van der Waals surface area contributed by atoms with Gasteiger partial charge >= 0.3 is 17.1 Å². The van der Waals surface area contributed by atoms with Crippen LogP contribution in [0.1, 0.15) is 17.3 Å². The first-order valence-electron chi connectivity index (χ1n) is 6.06. The zero-order valence-corrected chi connectivity index (χ0v) is 12.6. The Morgan fingerprint density at radius 2 is 1.36 bits per heavy atom. The molecule has 25 heavy (non-hydrogen) atoms. The molecule has 0 spiro atoms. The van der Waals surface area contributed by atoms with E-state index in [1.165, 1.54) is 0 Å². The molecule has 0 saturated carbocycles. The molecule has 1 atom stereocenters. The molecule has 13 heteroatoms. The minimum absolute atomic E-state index is 0.623. The van der Waals surface area contributed by atoms with Gasteiger partial charge in [0, 0.05) is 0 Å². The van der Waals surface area contributed by atoms with Crippen molar-refractivity contribution in [1.29, 1.82) is 0 Å². The molecule has 0 heterocycles. The van der Waals surface area contributed by atoms with Gasteiger partial charge < -0.3 is 10.1 Å². The van der Waals surface area contributed by atoms with Crippen LogP contribution in [0.25, 0.3) is 0 Å². The summed E-state index contributed by atoms with van der Waals surface area (Å²) in [6, 6.07) is 0. The number of rotatable bonds is 4. The van der Waals surface area contributed by atoms with Crippen LogP contribution in [0.3, 0.4) is 0 Å². The van der Waals surface area contributed by atoms with Crippen LogP contribution in [0.15, 0.2) is 0 Å². The van der Waals surface area contributed by atoms with Crippen molar-refractivity contribution in [1.82, 2.24) is 5.32 Å². The molecule has 0 aliphatic heterocycles. The number of halogens is 9. The van der Waals surface area contributed by atoms with E-state index in [0.717, 1.165) is 6.92 Å². The van der Waals surface area contributed by atoms with Crippen LogP contribution in [-0.2, 0) is 9.53 Å². The highest BCUT2D eigenvalue weighted by atomic mass is 35.5. The Balaban J connectivity index is 3.44. The zero-order chi connectivity index (χ0) is 19.7. The van der Waals surface area contributed by atoms with Crippen molar-refractivity contribution in [2.24, 2.45) is 0 Å². The maximum atomic E-state index is 13.5. The number of amides is 1. The van der Waals surface area contributed by atoms with Gasteiger partial charge in [0.15, 0.2) is 23.3 Å². The van der Waals surface area contributed by atoms with E-state index in [1.54, 1.807) is 0 Å². The van der Waals surface area contributed by atoms with Gasteiger partial charge in [-0.3, -0.25) is 4.79 Å². The van der Waals surface area contributed by atoms with Gasteiger partial charge in [-0.1, -0.05) is 11.6 Å². The summed E-state index contributed by atoms with van der Waals surface area (Å²) in [5.74, 6) is -18.0. The van der Waals surface area contributed by atoms with Gasteiger partial charge in [0.2, 0.25) is 5.82 Å². The van der Waals surface area contributed by atoms with Crippen molar-refractivity contribution >= 4 is 23.5 Å². The smallest absolute Gasteiger partial charge is 0.437 e. The molecule has 140 valence electrons. The summed E-state index contributed by atoms with van der Waals surface area (Å²) in [7, 11) is 0. The van der Waals surface area contributed by atoms with Crippen LogP contribution in [0.2, 0.25) is 0 Å². The summed E-state index contributed by atoms with van der Waals surface area (Å²) in [6.07, 6.45) is -5.74. The number of benzene rings is 1. The van der Waals surface area contributed by atoms with E-state index < -0.39 is 64.3 Å². The van der Waals surface area contributed by atoms with Crippen LogP contribution in [-0.4, -0.2) is 29.7 Å². The van der Waals surface area contributed by atoms with Crippen molar-refractivity contribution in [2.45, 2.75) is 18.1 Å². The standard InChI is InChI=1S/C12H6ClF8NO3/c1-2-25-10(24)11(13,12(19,20)21)22-9(23)3-4(14)6(16)8(18)7(17)5(3)15/h2H2,1H3,(H,22,23)/t11-/m1/s1. The number of nitrogens with one attached hydrogen (secondary N) is 1. The quantitative estimate of drug-likeness (QED) is 0.211. The van der Waals surface area contributed by atoms with Crippen molar-refractivity contribution in [3.63, 3.8) is 0 Å². The topological polar surface area (TPSA) is 55.4 Å². The molecule has 1 amide bonds. The highest BCUT2D eigenvalue weighted by Gasteiger charge is 2.62. The average Bonchev–Trinajstić information content (AvgIpc) is 2.50. The molecular formula is C12H6ClF8NO3. The SMILES string of the molecule is CCOC(=O)[C@@](Cl)(NC(=O)c1c(F)c(F)c(F)c(F)c1F)C(F)(F)F. The van der Waals surface area contributed by atoms with Crippen LogP contribution in [0, 0.1) is 29.1 Å². The Kier molecular flexibility index (Phi) is 5.88. The summed E-state index contributed by atoms with van der Waals surface area (Å²) in [5.41, 5.74) is -2.25. The molecule has 1 N–H and O–H groups in total. The minimum Gasteiger partial charge on any atom is -0.463 e. The number of carbonyl (C=O) groups is 2. The number of carbonyl (C=O) groups excluding carboxylic acids is 2. The van der Waals surface area contributed by atoms with Gasteiger partial charge in [0.05, 0.1) is 6.61 Å². The highest BCUT2D eigenvalue weighted by Crippen LogP contribution is 2.36. The molecule has 0 unspecified atom stereocenters. The van der Waals surface area contributed by atoms with Gasteiger partial charge in [-0.15, -0.1) is 0 Å². The molecule has 0 saturated heterocycles. The van der Waals surface area contributed by atoms with Gasteiger partial charge in [0.1, 0.15) is 5.56 Å². The Morgan fingerprint density at radius 3 is 1.72 bits per heavy atom. The normalized spacial score (nSPS) is 14.0. The predicted octanol–water partition coefficient (Wildman–Crippen LogP) is 3.17. The van der Waals surface area contributed by atoms with Gasteiger partial charge in [0.25, 0.3) is 5.91 Å². The van der Waals surface area contributed by atoms with E-state index >= 15 is 0 Å².